The fourth-order valence-corrected chi connectivity index (χ4v) is 1.66. The minimum Gasteiger partial charge on any atom is -0.481 e. The Balaban J connectivity index is 3.70. The van der Waals surface area contributed by atoms with Crippen LogP contribution in [0.25, 0.3) is 0 Å². The number of hydrogen-bond acceptors (Lipinski definition) is 3. The number of aliphatic carboxylic acids is 1. The van der Waals surface area contributed by atoms with Gasteiger partial charge in [0.25, 0.3) is 0 Å². The number of rotatable bonds is 9. The number of nitrogens with one attached hydrogen (secondary N) is 1. The zero-order chi connectivity index (χ0) is 14.8. The van der Waals surface area contributed by atoms with Gasteiger partial charge in [0, 0.05) is 19.6 Å². The van der Waals surface area contributed by atoms with Gasteiger partial charge in [0.2, 0.25) is 0 Å². The van der Waals surface area contributed by atoms with Crippen molar-refractivity contribution in [2.24, 2.45) is 5.92 Å². The first kappa shape index (κ1) is 17.7. The monoisotopic (exact) mass is 274 g/mol. The lowest BCUT2D eigenvalue weighted by Crippen LogP contribution is -2.43. The van der Waals surface area contributed by atoms with Crippen LogP contribution in [-0.4, -0.2) is 54.9 Å². The molecule has 0 rings (SSSR count). The standard InChI is InChI=1S/C13H26N2O4/c1-10(2)9-11(3)15(4)13(18)14-6-8-19-7-5-12(16)17/h10-11H,5-9H2,1-4H3,(H,14,18)(H,16,17). The van der Waals surface area contributed by atoms with Crippen LogP contribution < -0.4 is 5.32 Å². The molecule has 1 atom stereocenters. The normalized spacial score (nSPS) is 12.3. The van der Waals surface area contributed by atoms with Gasteiger partial charge >= 0.3 is 12.0 Å². The van der Waals surface area contributed by atoms with Crippen molar-refractivity contribution in [2.45, 2.75) is 39.7 Å². The minimum absolute atomic E-state index is 0.0146. The first-order valence-electron chi connectivity index (χ1n) is 6.64. The summed E-state index contributed by atoms with van der Waals surface area (Å²) >= 11 is 0. The first-order chi connectivity index (χ1) is 8.84. The molecule has 2 amide bonds. The molecule has 2 N–H and O–H groups in total. The predicted molar refractivity (Wildman–Crippen MR) is 73.2 cm³/mol. The number of amides is 2. The van der Waals surface area contributed by atoms with Crippen molar-refractivity contribution in [3.63, 3.8) is 0 Å². The highest BCUT2D eigenvalue weighted by Crippen LogP contribution is 2.09. The molecular weight excluding hydrogens is 248 g/mol. The fourth-order valence-electron chi connectivity index (χ4n) is 1.66. The van der Waals surface area contributed by atoms with E-state index < -0.39 is 5.97 Å². The second kappa shape index (κ2) is 9.61. The summed E-state index contributed by atoms with van der Waals surface area (Å²) in [6.45, 7) is 7.15. The lowest BCUT2D eigenvalue weighted by Gasteiger charge is -2.26. The first-order valence-corrected chi connectivity index (χ1v) is 6.64. The van der Waals surface area contributed by atoms with Gasteiger partial charge in [-0.25, -0.2) is 4.79 Å². The highest BCUT2D eigenvalue weighted by molar-refractivity contribution is 5.74. The van der Waals surface area contributed by atoms with Crippen molar-refractivity contribution in [3.8, 4) is 0 Å². The van der Waals surface area contributed by atoms with E-state index in [0.717, 1.165) is 6.42 Å². The number of carboxylic acids is 1. The molecule has 0 aliphatic heterocycles. The van der Waals surface area contributed by atoms with E-state index in [1.807, 2.05) is 6.92 Å². The molecule has 0 bridgehead atoms. The molecule has 0 saturated carbocycles. The summed E-state index contributed by atoms with van der Waals surface area (Å²) in [6.07, 6.45) is 0.943. The quantitative estimate of drug-likeness (QED) is 0.625. The molecule has 0 aromatic rings. The molecule has 0 radical (unpaired) electrons. The van der Waals surface area contributed by atoms with Crippen molar-refractivity contribution >= 4 is 12.0 Å². The summed E-state index contributed by atoms with van der Waals surface area (Å²) in [5.41, 5.74) is 0. The molecule has 0 aliphatic rings. The SMILES string of the molecule is CC(C)CC(C)N(C)C(=O)NCCOCCC(=O)O. The van der Waals surface area contributed by atoms with Gasteiger partial charge in [-0.1, -0.05) is 13.8 Å². The zero-order valence-corrected chi connectivity index (χ0v) is 12.3. The third kappa shape index (κ3) is 9.30. The molecule has 6 heteroatoms. The average molecular weight is 274 g/mol. The Labute approximate surface area is 115 Å². The molecule has 0 heterocycles. The molecule has 6 nitrogen and oxygen atoms in total. The molecular formula is C13H26N2O4. The van der Waals surface area contributed by atoms with Gasteiger partial charge < -0.3 is 20.1 Å². The van der Waals surface area contributed by atoms with Crippen molar-refractivity contribution in [1.82, 2.24) is 10.2 Å². The summed E-state index contributed by atoms with van der Waals surface area (Å²) in [4.78, 5) is 23.7. The fraction of sp³-hybridized carbons (Fsp3) is 0.846. The molecule has 0 aromatic carbocycles. The minimum atomic E-state index is -0.883. The maximum Gasteiger partial charge on any atom is 0.317 e. The van der Waals surface area contributed by atoms with Crippen LogP contribution in [0.3, 0.4) is 0 Å². The number of carboxylic acid groups (broad SMARTS) is 1. The Hall–Kier alpha value is -1.30. The van der Waals surface area contributed by atoms with Crippen LogP contribution >= 0.6 is 0 Å². The topological polar surface area (TPSA) is 78.9 Å². The second-order valence-electron chi connectivity index (χ2n) is 5.08. The third-order valence-corrected chi connectivity index (χ3v) is 2.78. The van der Waals surface area contributed by atoms with Crippen LogP contribution in [0.4, 0.5) is 4.79 Å². The van der Waals surface area contributed by atoms with E-state index in [2.05, 4.69) is 19.2 Å². The number of hydrogen-bond donors (Lipinski definition) is 2. The summed E-state index contributed by atoms with van der Waals surface area (Å²) in [7, 11) is 1.77. The Morgan fingerprint density at radius 1 is 1.26 bits per heavy atom. The van der Waals surface area contributed by atoms with Gasteiger partial charge in [-0.15, -0.1) is 0 Å². The summed E-state index contributed by atoms with van der Waals surface area (Å²) in [6, 6.07) is 0.0583. The molecule has 1 unspecified atom stereocenters. The van der Waals surface area contributed by atoms with E-state index in [0.29, 0.717) is 19.1 Å². The highest BCUT2D eigenvalue weighted by atomic mass is 16.5. The van der Waals surface area contributed by atoms with Crippen LogP contribution in [0, 0.1) is 5.92 Å². The number of ether oxygens (including phenoxy) is 1. The Bertz CT molecular complexity index is 282. The van der Waals surface area contributed by atoms with Gasteiger partial charge in [0.1, 0.15) is 0 Å². The summed E-state index contributed by atoms with van der Waals surface area (Å²) < 4.78 is 5.09. The Kier molecular flexibility index (Phi) is 8.95. The van der Waals surface area contributed by atoms with Gasteiger partial charge in [-0.2, -0.15) is 0 Å². The van der Waals surface area contributed by atoms with E-state index in [-0.39, 0.29) is 25.1 Å². The molecule has 112 valence electrons. The van der Waals surface area contributed by atoms with Gasteiger partial charge in [-0.3, -0.25) is 4.79 Å². The number of nitrogens with zero attached hydrogens (tertiary/aromatic N) is 1. The van der Waals surface area contributed by atoms with Crippen LogP contribution in [0.1, 0.15) is 33.6 Å². The number of carbonyl (C=O) groups is 2. The van der Waals surface area contributed by atoms with Crippen LogP contribution in [0.2, 0.25) is 0 Å². The van der Waals surface area contributed by atoms with E-state index in [4.69, 9.17) is 9.84 Å². The maximum absolute atomic E-state index is 11.8. The predicted octanol–water partition coefficient (Wildman–Crippen LogP) is 1.55. The molecule has 0 fully saturated rings. The maximum atomic E-state index is 11.8. The van der Waals surface area contributed by atoms with Crippen molar-refractivity contribution in [2.75, 3.05) is 26.8 Å². The highest BCUT2D eigenvalue weighted by Gasteiger charge is 2.15. The molecule has 0 saturated heterocycles. The summed E-state index contributed by atoms with van der Waals surface area (Å²) in [5.74, 6) is -0.337. The molecule has 0 aliphatic carbocycles. The number of urea groups is 1. The van der Waals surface area contributed by atoms with Crippen molar-refractivity contribution in [1.29, 1.82) is 0 Å². The molecule has 0 spiro atoms. The van der Waals surface area contributed by atoms with E-state index in [1.165, 1.54) is 0 Å². The Morgan fingerprint density at radius 2 is 1.89 bits per heavy atom. The smallest absolute Gasteiger partial charge is 0.317 e. The average Bonchev–Trinajstić information content (AvgIpc) is 2.30. The third-order valence-electron chi connectivity index (χ3n) is 2.78. The van der Waals surface area contributed by atoms with Crippen molar-refractivity contribution in [3.05, 3.63) is 0 Å². The van der Waals surface area contributed by atoms with E-state index >= 15 is 0 Å². The zero-order valence-electron chi connectivity index (χ0n) is 12.3. The second-order valence-corrected chi connectivity index (χ2v) is 5.08. The van der Waals surface area contributed by atoms with Crippen molar-refractivity contribution < 1.29 is 19.4 Å². The number of carbonyl (C=O) groups excluding carboxylic acids is 1. The van der Waals surface area contributed by atoms with Crippen LogP contribution in [0.15, 0.2) is 0 Å². The largest absolute Gasteiger partial charge is 0.481 e. The van der Waals surface area contributed by atoms with Gasteiger partial charge in [0.15, 0.2) is 0 Å². The molecule has 0 aromatic heterocycles. The van der Waals surface area contributed by atoms with Gasteiger partial charge in [0.05, 0.1) is 19.6 Å². The van der Waals surface area contributed by atoms with Crippen LogP contribution in [0.5, 0.6) is 0 Å². The Morgan fingerprint density at radius 3 is 2.42 bits per heavy atom. The lowest BCUT2D eigenvalue weighted by molar-refractivity contribution is -0.138. The van der Waals surface area contributed by atoms with E-state index in [1.54, 1.807) is 11.9 Å². The summed E-state index contributed by atoms with van der Waals surface area (Å²) in [5, 5.41) is 11.1. The van der Waals surface area contributed by atoms with Gasteiger partial charge in [-0.05, 0) is 19.3 Å². The lowest BCUT2D eigenvalue weighted by atomic mass is 10.0. The van der Waals surface area contributed by atoms with E-state index in [9.17, 15) is 9.59 Å². The molecule has 19 heavy (non-hydrogen) atoms. The van der Waals surface area contributed by atoms with Crippen LogP contribution in [-0.2, 0) is 9.53 Å².